The summed E-state index contributed by atoms with van der Waals surface area (Å²) < 4.78 is 9.47. The van der Waals surface area contributed by atoms with Crippen LogP contribution in [0.5, 0.6) is 17.2 Å². The average Bonchev–Trinajstić information content (AvgIpc) is 2.33. The molecule has 0 radical (unpaired) electrons. The summed E-state index contributed by atoms with van der Waals surface area (Å²) in [6.07, 6.45) is 0. The molecule has 0 saturated heterocycles. The molecule has 6 heteroatoms. The first-order valence-electron chi connectivity index (χ1n) is 4.92. The van der Waals surface area contributed by atoms with Crippen LogP contribution in [0.2, 0.25) is 0 Å². The molecule has 0 amide bonds. The highest BCUT2D eigenvalue weighted by molar-refractivity contribution is 5.79. The highest BCUT2D eigenvalue weighted by Crippen LogP contribution is 2.38. The van der Waals surface area contributed by atoms with Crippen molar-refractivity contribution in [2.45, 2.75) is 5.92 Å². The molecule has 4 N–H and O–H groups in total. The molecule has 0 aliphatic heterocycles. The van der Waals surface area contributed by atoms with Gasteiger partial charge < -0.3 is 25.4 Å². The Morgan fingerprint density at radius 2 is 2.06 bits per heavy atom. The Morgan fingerprint density at radius 1 is 1.41 bits per heavy atom. The Labute approximate surface area is 98.6 Å². The van der Waals surface area contributed by atoms with Gasteiger partial charge in [-0.2, -0.15) is 0 Å². The van der Waals surface area contributed by atoms with Crippen molar-refractivity contribution >= 4 is 5.97 Å². The zero-order chi connectivity index (χ0) is 13.0. The third-order valence-corrected chi connectivity index (χ3v) is 2.42. The SMILES string of the molecule is COC(=O)C(CN)c1cc(O)c(O)c(OC)c1. The second kappa shape index (κ2) is 5.40. The Kier molecular flexibility index (Phi) is 4.17. The van der Waals surface area contributed by atoms with Gasteiger partial charge in [-0.1, -0.05) is 0 Å². The number of phenols is 2. The van der Waals surface area contributed by atoms with E-state index in [2.05, 4.69) is 4.74 Å². The lowest BCUT2D eigenvalue weighted by Gasteiger charge is -2.15. The molecule has 0 aromatic heterocycles. The number of ether oxygens (including phenoxy) is 2. The summed E-state index contributed by atoms with van der Waals surface area (Å²) in [5.41, 5.74) is 5.90. The maximum absolute atomic E-state index is 11.5. The van der Waals surface area contributed by atoms with Gasteiger partial charge >= 0.3 is 5.97 Å². The van der Waals surface area contributed by atoms with E-state index < -0.39 is 11.9 Å². The summed E-state index contributed by atoms with van der Waals surface area (Å²) in [4.78, 5) is 11.5. The molecule has 1 aromatic rings. The van der Waals surface area contributed by atoms with Gasteiger partial charge in [-0.05, 0) is 17.7 Å². The molecule has 6 nitrogen and oxygen atoms in total. The lowest BCUT2D eigenvalue weighted by Crippen LogP contribution is -2.22. The molecule has 1 aromatic carbocycles. The number of nitrogens with two attached hydrogens (primary N) is 1. The van der Waals surface area contributed by atoms with Gasteiger partial charge in [0.05, 0.1) is 20.1 Å². The summed E-state index contributed by atoms with van der Waals surface area (Å²) >= 11 is 0. The molecule has 1 atom stereocenters. The largest absolute Gasteiger partial charge is 0.504 e. The minimum Gasteiger partial charge on any atom is -0.504 e. The van der Waals surface area contributed by atoms with Crippen LogP contribution in [-0.2, 0) is 9.53 Å². The number of hydrogen-bond donors (Lipinski definition) is 3. The number of hydrogen-bond acceptors (Lipinski definition) is 6. The van der Waals surface area contributed by atoms with E-state index in [1.807, 2.05) is 0 Å². The lowest BCUT2D eigenvalue weighted by atomic mass is 9.98. The van der Waals surface area contributed by atoms with Crippen LogP contribution in [0, 0.1) is 0 Å². The van der Waals surface area contributed by atoms with Gasteiger partial charge in [0.15, 0.2) is 11.5 Å². The predicted molar refractivity (Wildman–Crippen MR) is 60.1 cm³/mol. The predicted octanol–water partition coefficient (Wildman–Crippen LogP) is 0.322. The van der Waals surface area contributed by atoms with Crippen LogP contribution in [0.4, 0.5) is 0 Å². The maximum Gasteiger partial charge on any atom is 0.314 e. The van der Waals surface area contributed by atoms with Gasteiger partial charge in [-0.15, -0.1) is 0 Å². The highest BCUT2D eigenvalue weighted by Gasteiger charge is 2.22. The lowest BCUT2D eigenvalue weighted by molar-refractivity contribution is -0.142. The number of carbonyl (C=O) groups excluding carboxylic acids is 1. The number of aromatic hydroxyl groups is 2. The summed E-state index contributed by atoms with van der Waals surface area (Å²) in [7, 11) is 2.59. The first kappa shape index (κ1) is 13.1. The number of carbonyl (C=O) groups is 1. The molecule has 17 heavy (non-hydrogen) atoms. The van der Waals surface area contributed by atoms with Crippen molar-refractivity contribution in [2.24, 2.45) is 5.73 Å². The smallest absolute Gasteiger partial charge is 0.314 e. The summed E-state index contributed by atoms with van der Waals surface area (Å²) in [6.45, 7) is 0.0278. The average molecular weight is 241 g/mol. The molecule has 0 heterocycles. The van der Waals surface area contributed by atoms with E-state index in [4.69, 9.17) is 10.5 Å². The topological polar surface area (TPSA) is 102 Å². The molecule has 0 bridgehead atoms. The van der Waals surface area contributed by atoms with Crippen molar-refractivity contribution in [1.82, 2.24) is 0 Å². The summed E-state index contributed by atoms with van der Waals surface area (Å²) in [5.74, 6) is -1.90. The van der Waals surface area contributed by atoms with E-state index in [-0.39, 0.29) is 23.8 Å². The fourth-order valence-corrected chi connectivity index (χ4v) is 1.48. The Hall–Kier alpha value is -1.95. The zero-order valence-corrected chi connectivity index (χ0v) is 9.64. The molecule has 0 fully saturated rings. The van der Waals surface area contributed by atoms with Crippen molar-refractivity contribution in [3.8, 4) is 17.2 Å². The molecule has 0 aliphatic rings. The quantitative estimate of drug-likeness (QED) is 0.518. The second-order valence-corrected chi connectivity index (χ2v) is 3.40. The third-order valence-electron chi connectivity index (χ3n) is 2.42. The fourth-order valence-electron chi connectivity index (χ4n) is 1.48. The van der Waals surface area contributed by atoms with Crippen LogP contribution in [0.25, 0.3) is 0 Å². The normalized spacial score (nSPS) is 11.9. The van der Waals surface area contributed by atoms with E-state index in [1.54, 1.807) is 0 Å². The number of methoxy groups -OCH3 is 2. The number of rotatable bonds is 4. The summed E-state index contributed by atoms with van der Waals surface area (Å²) in [5, 5.41) is 18.9. The first-order valence-corrected chi connectivity index (χ1v) is 4.92. The van der Waals surface area contributed by atoms with E-state index in [0.29, 0.717) is 5.56 Å². The van der Waals surface area contributed by atoms with Gasteiger partial charge in [0.1, 0.15) is 0 Å². The van der Waals surface area contributed by atoms with Crippen molar-refractivity contribution in [2.75, 3.05) is 20.8 Å². The zero-order valence-electron chi connectivity index (χ0n) is 9.64. The standard InChI is InChI=1S/C11H15NO5/c1-16-9-4-6(3-8(13)10(9)14)7(5-12)11(15)17-2/h3-4,7,13-14H,5,12H2,1-2H3. The van der Waals surface area contributed by atoms with Crippen molar-refractivity contribution in [3.05, 3.63) is 17.7 Å². The maximum atomic E-state index is 11.5. The molecular weight excluding hydrogens is 226 g/mol. The van der Waals surface area contributed by atoms with Gasteiger partial charge in [-0.3, -0.25) is 4.79 Å². The van der Waals surface area contributed by atoms with Crippen LogP contribution in [0.15, 0.2) is 12.1 Å². The minimum atomic E-state index is -0.708. The second-order valence-electron chi connectivity index (χ2n) is 3.40. The molecular formula is C11H15NO5. The van der Waals surface area contributed by atoms with Crippen molar-refractivity contribution in [3.63, 3.8) is 0 Å². The van der Waals surface area contributed by atoms with Crippen LogP contribution < -0.4 is 10.5 Å². The van der Waals surface area contributed by atoms with Gasteiger partial charge in [0.2, 0.25) is 5.75 Å². The monoisotopic (exact) mass is 241 g/mol. The number of benzene rings is 1. The van der Waals surface area contributed by atoms with Crippen LogP contribution in [-0.4, -0.2) is 36.9 Å². The molecule has 0 aliphatic carbocycles. The van der Waals surface area contributed by atoms with E-state index >= 15 is 0 Å². The van der Waals surface area contributed by atoms with Crippen LogP contribution in [0.1, 0.15) is 11.5 Å². The van der Waals surface area contributed by atoms with E-state index in [0.717, 1.165) is 0 Å². The van der Waals surface area contributed by atoms with Crippen molar-refractivity contribution < 1.29 is 24.5 Å². The van der Waals surface area contributed by atoms with E-state index in [9.17, 15) is 15.0 Å². The van der Waals surface area contributed by atoms with Gasteiger partial charge in [0, 0.05) is 6.54 Å². The molecule has 1 rings (SSSR count). The Bertz CT molecular complexity index is 419. The van der Waals surface area contributed by atoms with Gasteiger partial charge in [0.25, 0.3) is 0 Å². The van der Waals surface area contributed by atoms with Crippen LogP contribution >= 0.6 is 0 Å². The Balaban J connectivity index is 3.21. The van der Waals surface area contributed by atoms with Crippen LogP contribution in [0.3, 0.4) is 0 Å². The molecule has 0 saturated carbocycles. The fraction of sp³-hybridized carbons (Fsp3) is 0.364. The minimum absolute atomic E-state index is 0.0278. The third kappa shape index (κ3) is 2.59. The van der Waals surface area contributed by atoms with E-state index in [1.165, 1.54) is 26.4 Å². The Morgan fingerprint density at radius 3 is 2.53 bits per heavy atom. The number of phenolic OH excluding ortho intramolecular Hbond substituents is 2. The molecule has 94 valence electrons. The number of esters is 1. The molecule has 0 spiro atoms. The van der Waals surface area contributed by atoms with Crippen molar-refractivity contribution in [1.29, 1.82) is 0 Å². The van der Waals surface area contributed by atoms with Gasteiger partial charge in [-0.25, -0.2) is 0 Å². The molecule has 1 unspecified atom stereocenters. The highest BCUT2D eigenvalue weighted by atomic mass is 16.5. The first-order chi connectivity index (χ1) is 8.04. The summed E-state index contributed by atoms with van der Waals surface area (Å²) in [6, 6.07) is 2.69.